The van der Waals surface area contributed by atoms with Crippen LogP contribution in [0.4, 0.5) is 0 Å². The van der Waals surface area contributed by atoms with Crippen LogP contribution in [0.15, 0.2) is 64.0 Å². The lowest BCUT2D eigenvalue weighted by molar-refractivity contribution is 0.825. The van der Waals surface area contributed by atoms with E-state index in [1.165, 1.54) is 0 Å². The number of fused-ring (bicyclic) bond motifs is 1. The van der Waals surface area contributed by atoms with Crippen molar-refractivity contribution in [2.45, 2.75) is 6.54 Å². The standard InChI is InChI=1S/C17H12BrN5O/c18-12-7-5-11(6-8-12)9-23-10-14(17-19-21-22-20-17)16(24)13-3-1-2-4-15(13)23/h1-8,10H,9H2,(H,19,20,21,22). The molecule has 0 aliphatic carbocycles. The summed E-state index contributed by atoms with van der Waals surface area (Å²) >= 11 is 3.44. The zero-order valence-corrected chi connectivity index (χ0v) is 14.1. The molecule has 0 saturated carbocycles. The summed E-state index contributed by atoms with van der Waals surface area (Å²) in [6.07, 6.45) is 1.79. The number of aromatic nitrogens is 5. The van der Waals surface area contributed by atoms with Crippen LogP contribution >= 0.6 is 15.9 Å². The van der Waals surface area contributed by atoms with E-state index in [2.05, 4.69) is 36.6 Å². The van der Waals surface area contributed by atoms with Crippen molar-refractivity contribution >= 4 is 26.8 Å². The molecule has 0 bridgehead atoms. The van der Waals surface area contributed by atoms with Crippen LogP contribution in [0, 0.1) is 0 Å². The van der Waals surface area contributed by atoms with Gasteiger partial charge in [0.1, 0.15) is 0 Å². The molecule has 0 amide bonds. The predicted molar refractivity (Wildman–Crippen MR) is 94.6 cm³/mol. The first-order valence-corrected chi connectivity index (χ1v) is 8.12. The highest BCUT2D eigenvalue weighted by molar-refractivity contribution is 9.10. The summed E-state index contributed by atoms with van der Waals surface area (Å²) in [4.78, 5) is 12.7. The van der Waals surface area contributed by atoms with Crippen molar-refractivity contribution in [1.29, 1.82) is 0 Å². The van der Waals surface area contributed by atoms with Crippen molar-refractivity contribution < 1.29 is 0 Å². The maximum atomic E-state index is 12.7. The van der Waals surface area contributed by atoms with Gasteiger partial charge in [-0.2, -0.15) is 5.21 Å². The van der Waals surface area contributed by atoms with Crippen LogP contribution in [0.2, 0.25) is 0 Å². The molecule has 0 fully saturated rings. The largest absolute Gasteiger partial charge is 0.342 e. The Bertz CT molecular complexity index is 1050. The summed E-state index contributed by atoms with van der Waals surface area (Å²) in [6, 6.07) is 15.6. The number of tetrazole rings is 1. The third-order valence-electron chi connectivity index (χ3n) is 3.84. The maximum absolute atomic E-state index is 12.7. The van der Waals surface area contributed by atoms with Crippen molar-refractivity contribution in [3.05, 3.63) is 75.0 Å². The average Bonchev–Trinajstić information content (AvgIpc) is 3.14. The Morgan fingerprint density at radius 1 is 1.08 bits per heavy atom. The van der Waals surface area contributed by atoms with Gasteiger partial charge in [-0.1, -0.05) is 40.2 Å². The number of pyridine rings is 1. The van der Waals surface area contributed by atoms with Crippen LogP contribution < -0.4 is 5.43 Å². The fraction of sp³-hybridized carbons (Fsp3) is 0.0588. The molecule has 1 N–H and O–H groups in total. The molecule has 7 heteroatoms. The zero-order chi connectivity index (χ0) is 16.5. The second-order valence-corrected chi connectivity index (χ2v) is 6.29. The van der Waals surface area contributed by atoms with Crippen molar-refractivity contribution in [3.8, 4) is 11.4 Å². The quantitative estimate of drug-likeness (QED) is 0.591. The van der Waals surface area contributed by atoms with Crippen LogP contribution in [0.25, 0.3) is 22.3 Å². The number of hydrogen-bond acceptors (Lipinski definition) is 4. The molecule has 4 aromatic rings. The number of aromatic amines is 1. The maximum Gasteiger partial charge on any atom is 0.210 e. The van der Waals surface area contributed by atoms with Crippen molar-refractivity contribution in [3.63, 3.8) is 0 Å². The smallest absolute Gasteiger partial charge is 0.210 e. The van der Waals surface area contributed by atoms with E-state index < -0.39 is 0 Å². The molecular formula is C17H12BrN5O. The van der Waals surface area contributed by atoms with E-state index in [1.54, 1.807) is 6.20 Å². The lowest BCUT2D eigenvalue weighted by Crippen LogP contribution is -2.13. The number of nitrogens with one attached hydrogen (secondary N) is 1. The van der Waals surface area contributed by atoms with Crippen LogP contribution in [0.3, 0.4) is 0 Å². The minimum atomic E-state index is -0.0981. The minimum absolute atomic E-state index is 0.0981. The third-order valence-corrected chi connectivity index (χ3v) is 4.37. The predicted octanol–water partition coefficient (Wildman–Crippen LogP) is 2.99. The van der Waals surface area contributed by atoms with Gasteiger partial charge in [-0.25, -0.2) is 0 Å². The Morgan fingerprint density at radius 2 is 1.88 bits per heavy atom. The van der Waals surface area contributed by atoms with Gasteiger partial charge in [-0.05, 0) is 35.0 Å². The van der Waals surface area contributed by atoms with Crippen molar-refractivity contribution in [1.82, 2.24) is 25.2 Å². The molecule has 24 heavy (non-hydrogen) atoms. The number of H-pyrrole nitrogens is 1. The number of hydrogen-bond donors (Lipinski definition) is 1. The van der Waals surface area contributed by atoms with Crippen LogP contribution in [-0.2, 0) is 6.54 Å². The average molecular weight is 382 g/mol. The van der Waals surface area contributed by atoms with Gasteiger partial charge in [-0.15, -0.1) is 10.2 Å². The molecule has 0 aliphatic heterocycles. The highest BCUT2D eigenvalue weighted by atomic mass is 79.9. The third kappa shape index (κ3) is 2.63. The van der Waals surface area contributed by atoms with Crippen molar-refractivity contribution in [2.24, 2.45) is 0 Å². The number of halogens is 1. The molecule has 2 aromatic heterocycles. The van der Waals surface area contributed by atoms with E-state index in [4.69, 9.17) is 0 Å². The van der Waals surface area contributed by atoms with Gasteiger partial charge in [0, 0.05) is 22.6 Å². The molecule has 4 rings (SSSR count). The molecule has 0 atom stereocenters. The van der Waals surface area contributed by atoms with Gasteiger partial charge in [0.15, 0.2) is 0 Å². The van der Waals surface area contributed by atoms with E-state index >= 15 is 0 Å². The Balaban J connectivity index is 1.92. The summed E-state index contributed by atoms with van der Waals surface area (Å²) < 4.78 is 3.06. The lowest BCUT2D eigenvalue weighted by atomic mass is 10.1. The summed E-state index contributed by atoms with van der Waals surface area (Å²) in [5.41, 5.74) is 2.34. The van der Waals surface area contributed by atoms with Gasteiger partial charge >= 0.3 is 0 Å². The second-order valence-electron chi connectivity index (χ2n) is 5.38. The fourth-order valence-corrected chi connectivity index (χ4v) is 2.96. The van der Waals surface area contributed by atoms with E-state index in [1.807, 2.05) is 53.1 Å². The molecule has 0 saturated heterocycles. The Labute approximate surface area is 145 Å². The number of nitrogens with zero attached hydrogens (tertiary/aromatic N) is 4. The molecule has 0 aliphatic rings. The number of benzene rings is 2. The van der Waals surface area contributed by atoms with Crippen molar-refractivity contribution in [2.75, 3.05) is 0 Å². The summed E-state index contributed by atoms with van der Waals surface area (Å²) in [7, 11) is 0. The first kappa shape index (κ1) is 14.8. The Hall–Kier alpha value is -2.80. The monoisotopic (exact) mass is 381 g/mol. The molecule has 0 radical (unpaired) electrons. The molecule has 2 heterocycles. The fourth-order valence-electron chi connectivity index (χ4n) is 2.70. The highest BCUT2D eigenvalue weighted by Crippen LogP contribution is 2.19. The highest BCUT2D eigenvalue weighted by Gasteiger charge is 2.13. The first-order valence-electron chi connectivity index (χ1n) is 7.33. The summed E-state index contributed by atoms with van der Waals surface area (Å²) in [5.74, 6) is 0.301. The van der Waals surface area contributed by atoms with Crippen LogP contribution in [-0.4, -0.2) is 25.2 Å². The molecular weight excluding hydrogens is 370 g/mol. The zero-order valence-electron chi connectivity index (χ0n) is 12.5. The number of rotatable bonds is 3. The lowest BCUT2D eigenvalue weighted by Gasteiger charge is -2.12. The van der Waals surface area contributed by atoms with E-state index in [-0.39, 0.29) is 5.43 Å². The SMILES string of the molecule is O=c1c(-c2nn[nH]n2)cn(Cc2ccc(Br)cc2)c2ccccc12. The molecule has 0 unspecified atom stereocenters. The molecule has 2 aromatic carbocycles. The summed E-state index contributed by atoms with van der Waals surface area (Å²) in [5, 5.41) is 14.5. The normalized spacial score (nSPS) is 11.0. The molecule has 118 valence electrons. The first-order chi connectivity index (χ1) is 11.7. The van der Waals surface area contributed by atoms with Gasteiger partial charge in [-0.3, -0.25) is 4.79 Å². The van der Waals surface area contributed by atoms with Gasteiger partial charge < -0.3 is 4.57 Å². The van der Waals surface area contributed by atoms with Gasteiger partial charge in [0.2, 0.25) is 11.3 Å². The van der Waals surface area contributed by atoms with E-state index in [0.717, 1.165) is 15.6 Å². The van der Waals surface area contributed by atoms with Gasteiger partial charge in [0.25, 0.3) is 0 Å². The second kappa shape index (κ2) is 6.01. The summed E-state index contributed by atoms with van der Waals surface area (Å²) in [6.45, 7) is 0.638. The van der Waals surface area contributed by atoms with E-state index in [9.17, 15) is 4.79 Å². The topological polar surface area (TPSA) is 76.5 Å². The van der Waals surface area contributed by atoms with Gasteiger partial charge in [0.05, 0.1) is 11.1 Å². The molecule has 6 nitrogen and oxygen atoms in total. The molecule has 0 spiro atoms. The van der Waals surface area contributed by atoms with E-state index in [0.29, 0.717) is 23.3 Å². The van der Waals surface area contributed by atoms with Crippen LogP contribution in [0.5, 0.6) is 0 Å². The van der Waals surface area contributed by atoms with Crippen LogP contribution in [0.1, 0.15) is 5.56 Å². The number of para-hydroxylation sites is 1. The Morgan fingerprint density at radius 3 is 2.62 bits per heavy atom. The Kier molecular flexibility index (Phi) is 3.70. The minimum Gasteiger partial charge on any atom is -0.342 e.